The van der Waals surface area contributed by atoms with Crippen molar-refractivity contribution in [3.63, 3.8) is 0 Å². The molecule has 6 heteroatoms. The number of carbonyl (C=O) groups is 1. The van der Waals surface area contributed by atoms with Crippen LogP contribution in [0.4, 0.5) is 13.2 Å². The van der Waals surface area contributed by atoms with Gasteiger partial charge in [0, 0.05) is 18.4 Å². The summed E-state index contributed by atoms with van der Waals surface area (Å²) in [6.07, 6.45) is -5.56. The van der Waals surface area contributed by atoms with Gasteiger partial charge in [-0.2, -0.15) is 13.2 Å². The first-order valence-corrected chi connectivity index (χ1v) is 5.60. The zero-order chi connectivity index (χ0) is 13.1. The van der Waals surface area contributed by atoms with E-state index in [9.17, 15) is 18.0 Å². The minimum atomic E-state index is -4.22. The van der Waals surface area contributed by atoms with E-state index in [-0.39, 0.29) is 29.2 Å². The van der Waals surface area contributed by atoms with Crippen molar-refractivity contribution in [1.82, 2.24) is 0 Å². The van der Waals surface area contributed by atoms with Crippen LogP contribution in [0.15, 0.2) is 18.2 Å². The standard InChI is InChI=1S/C11H9Cl2F3O/c12-8-4-3-7(6-9(8)13)10(17)2-1-5-11(14,15)16/h3-4,6H,1-2,5H2. The average molecular weight is 285 g/mol. The molecule has 0 saturated carbocycles. The van der Waals surface area contributed by atoms with Crippen molar-refractivity contribution < 1.29 is 18.0 Å². The molecule has 0 aromatic heterocycles. The van der Waals surface area contributed by atoms with Gasteiger partial charge in [-0.25, -0.2) is 0 Å². The van der Waals surface area contributed by atoms with Crippen LogP contribution >= 0.6 is 23.2 Å². The molecule has 0 bridgehead atoms. The van der Waals surface area contributed by atoms with Crippen molar-refractivity contribution in [1.29, 1.82) is 0 Å². The van der Waals surface area contributed by atoms with Crippen LogP contribution in [0.1, 0.15) is 29.6 Å². The maximum absolute atomic E-state index is 11.9. The van der Waals surface area contributed by atoms with Gasteiger partial charge in [-0.05, 0) is 24.6 Å². The van der Waals surface area contributed by atoms with E-state index >= 15 is 0 Å². The number of halogens is 5. The van der Waals surface area contributed by atoms with Gasteiger partial charge in [-0.1, -0.05) is 23.2 Å². The van der Waals surface area contributed by atoms with Gasteiger partial charge in [0.1, 0.15) is 0 Å². The predicted molar refractivity (Wildman–Crippen MR) is 60.7 cm³/mol. The lowest BCUT2D eigenvalue weighted by atomic mass is 10.1. The lowest BCUT2D eigenvalue weighted by molar-refractivity contribution is -0.135. The summed E-state index contributed by atoms with van der Waals surface area (Å²) >= 11 is 11.4. The Bertz CT molecular complexity index is 416. The highest BCUT2D eigenvalue weighted by molar-refractivity contribution is 6.42. The molecule has 1 aromatic carbocycles. The first-order valence-electron chi connectivity index (χ1n) is 4.84. The second kappa shape index (κ2) is 5.74. The molecule has 0 saturated heterocycles. The lowest BCUT2D eigenvalue weighted by Gasteiger charge is -2.05. The van der Waals surface area contributed by atoms with Crippen LogP contribution < -0.4 is 0 Å². The summed E-state index contributed by atoms with van der Waals surface area (Å²) in [4.78, 5) is 11.5. The molecule has 0 aliphatic rings. The molecule has 1 aromatic rings. The highest BCUT2D eigenvalue weighted by atomic mass is 35.5. The molecule has 0 aliphatic heterocycles. The Hall–Kier alpha value is -0.740. The Balaban J connectivity index is 2.56. The summed E-state index contributed by atoms with van der Waals surface area (Å²) < 4.78 is 35.6. The largest absolute Gasteiger partial charge is 0.389 e. The zero-order valence-corrected chi connectivity index (χ0v) is 10.2. The molecule has 0 radical (unpaired) electrons. The Morgan fingerprint density at radius 2 is 1.82 bits per heavy atom. The molecule has 0 atom stereocenters. The summed E-state index contributed by atoms with van der Waals surface area (Å²) in [5.41, 5.74) is 0.279. The van der Waals surface area contributed by atoms with Crippen LogP contribution in [-0.4, -0.2) is 12.0 Å². The molecule has 0 aliphatic carbocycles. The van der Waals surface area contributed by atoms with Crippen molar-refractivity contribution in [2.75, 3.05) is 0 Å². The second-order valence-electron chi connectivity index (χ2n) is 3.52. The first-order chi connectivity index (χ1) is 7.79. The van der Waals surface area contributed by atoms with Gasteiger partial charge in [-0.3, -0.25) is 4.79 Å². The van der Waals surface area contributed by atoms with Gasteiger partial charge in [0.05, 0.1) is 10.0 Å². The molecular formula is C11H9Cl2F3O. The third-order valence-corrected chi connectivity index (χ3v) is 2.84. The highest BCUT2D eigenvalue weighted by Gasteiger charge is 2.26. The van der Waals surface area contributed by atoms with E-state index in [1.807, 2.05) is 0 Å². The van der Waals surface area contributed by atoms with E-state index < -0.39 is 12.6 Å². The number of ketones is 1. The minimum absolute atomic E-state index is 0.155. The number of carbonyl (C=O) groups excluding carboxylic acids is 1. The molecular weight excluding hydrogens is 276 g/mol. The van der Waals surface area contributed by atoms with Crippen LogP contribution in [0, 0.1) is 0 Å². The fourth-order valence-corrected chi connectivity index (χ4v) is 1.56. The summed E-state index contributed by atoms with van der Waals surface area (Å²) in [7, 11) is 0. The monoisotopic (exact) mass is 284 g/mol. The Morgan fingerprint density at radius 1 is 1.18 bits per heavy atom. The van der Waals surface area contributed by atoms with Crippen molar-refractivity contribution in [2.45, 2.75) is 25.4 Å². The lowest BCUT2D eigenvalue weighted by Crippen LogP contribution is -2.08. The van der Waals surface area contributed by atoms with Crippen molar-refractivity contribution in [3.05, 3.63) is 33.8 Å². The summed E-state index contributed by atoms with van der Waals surface area (Å²) in [5.74, 6) is -0.368. The third-order valence-electron chi connectivity index (χ3n) is 2.11. The first kappa shape index (κ1) is 14.3. The predicted octanol–water partition coefficient (Wildman–Crippen LogP) is 4.91. The molecule has 0 unspecified atom stereocenters. The fraction of sp³-hybridized carbons (Fsp3) is 0.364. The van der Waals surface area contributed by atoms with Gasteiger partial charge >= 0.3 is 6.18 Å². The second-order valence-corrected chi connectivity index (χ2v) is 4.34. The van der Waals surface area contributed by atoms with Crippen LogP contribution in [0.25, 0.3) is 0 Å². The SMILES string of the molecule is O=C(CCCC(F)(F)F)c1ccc(Cl)c(Cl)c1. The van der Waals surface area contributed by atoms with E-state index in [0.717, 1.165) is 0 Å². The topological polar surface area (TPSA) is 17.1 Å². The summed E-state index contributed by atoms with van der Waals surface area (Å²) in [6, 6.07) is 4.25. The zero-order valence-electron chi connectivity index (χ0n) is 8.65. The Kier molecular flexibility index (Phi) is 4.83. The van der Waals surface area contributed by atoms with E-state index in [0.29, 0.717) is 5.02 Å². The summed E-state index contributed by atoms with van der Waals surface area (Å²) in [5, 5.41) is 0.520. The number of Topliss-reactive ketones (excluding diaryl/α,β-unsaturated/α-hetero) is 1. The number of hydrogen-bond donors (Lipinski definition) is 0. The molecule has 94 valence electrons. The van der Waals surface area contributed by atoms with Gasteiger partial charge in [0.15, 0.2) is 5.78 Å². The maximum Gasteiger partial charge on any atom is 0.389 e. The fourth-order valence-electron chi connectivity index (χ4n) is 1.26. The number of alkyl halides is 3. The van der Waals surface area contributed by atoms with E-state index in [1.54, 1.807) is 0 Å². The Labute approximate surface area is 107 Å². The molecule has 0 amide bonds. The van der Waals surface area contributed by atoms with Crippen LogP contribution in [-0.2, 0) is 0 Å². The highest BCUT2D eigenvalue weighted by Crippen LogP contribution is 2.25. The number of rotatable bonds is 4. The molecule has 1 nitrogen and oxygen atoms in total. The average Bonchev–Trinajstić information content (AvgIpc) is 2.20. The van der Waals surface area contributed by atoms with Crippen molar-refractivity contribution in [3.8, 4) is 0 Å². The summed E-state index contributed by atoms with van der Waals surface area (Å²) in [6.45, 7) is 0. The van der Waals surface area contributed by atoms with Crippen molar-refractivity contribution >= 4 is 29.0 Å². The van der Waals surface area contributed by atoms with Gasteiger partial charge in [0.2, 0.25) is 0 Å². The van der Waals surface area contributed by atoms with E-state index in [1.165, 1.54) is 18.2 Å². The van der Waals surface area contributed by atoms with Gasteiger partial charge in [0.25, 0.3) is 0 Å². The molecule has 1 rings (SSSR count). The minimum Gasteiger partial charge on any atom is -0.294 e. The normalized spacial score (nSPS) is 11.6. The van der Waals surface area contributed by atoms with E-state index in [4.69, 9.17) is 23.2 Å². The number of benzene rings is 1. The third kappa shape index (κ3) is 4.96. The van der Waals surface area contributed by atoms with Crippen LogP contribution in [0.2, 0.25) is 10.0 Å². The quantitative estimate of drug-likeness (QED) is 0.718. The Morgan fingerprint density at radius 3 is 2.35 bits per heavy atom. The molecule has 0 spiro atoms. The maximum atomic E-state index is 11.9. The molecule has 0 heterocycles. The van der Waals surface area contributed by atoms with Gasteiger partial charge < -0.3 is 0 Å². The van der Waals surface area contributed by atoms with Crippen molar-refractivity contribution in [2.24, 2.45) is 0 Å². The molecule has 17 heavy (non-hydrogen) atoms. The van der Waals surface area contributed by atoms with Crippen LogP contribution in [0.3, 0.4) is 0 Å². The molecule has 0 N–H and O–H groups in total. The van der Waals surface area contributed by atoms with Gasteiger partial charge in [-0.15, -0.1) is 0 Å². The number of hydrogen-bond acceptors (Lipinski definition) is 1. The smallest absolute Gasteiger partial charge is 0.294 e. The van der Waals surface area contributed by atoms with E-state index in [2.05, 4.69) is 0 Å². The van der Waals surface area contributed by atoms with Crippen LogP contribution in [0.5, 0.6) is 0 Å². The molecule has 0 fully saturated rings.